The summed E-state index contributed by atoms with van der Waals surface area (Å²) in [5, 5.41) is 5.49. The molecular weight excluding hydrogens is 334 g/mol. The van der Waals surface area contributed by atoms with Crippen LogP contribution in [-0.4, -0.2) is 37.4 Å². The molecule has 9 nitrogen and oxygen atoms in total. The van der Waals surface area contributed by atoms with E-state index in [0.717, 1.165) is 30.4 Å². The first kappa shape index (κ1) is 15.1. The summed E-state index contributed by atoms with van der Waals surface area (Å²) >= 11 is 0. The van der Waals surface area contributed by atoms with Crippen LogP contribution in [0.5, 0.6) is 0 Å². The largest absolute Gasteiger partial charge is 0.424 e. The topological polar surface area (TPSA) is 131 Å². The van der Waals surface area contributed by atoms with Gasteiger partial charge in [-0.05, 0) is 31.0 Å². The van der Waals surface area contributed by atoms with E-state index in [1.165, 1.54) is 6.33 Å². The molecule has 26 heavy (non-hydrogen) atoms. The summed E-state index contributed by atoms with van der Waals surface area (Å²) in [5.74, 6) is 0.392. The van der Waals surface area contributed by atoms with Crippen LogP contribution in [0.4, 0.5) is 11.8 Å². The third-order valence-electron chi connectivity index (χ3n) is 4.64. The van der Waals surface area contributed by atoms with Crippen molar-refractivity contribution in [1.82, 2.24) is 24.7 Å². The Kier molecular flexibility index (Phi) is 3.29. The number of nitrogens with zero attached hydrogens (tertiary/aromatic N) is 5. The average molecular weight is 351 g/mol. The van der Waals surface area contributed by atoms with Crippen LogP contribution < -0.4 is 11.5 Å². The Bertz CT molecular complexity index is 1110. The van der Waals surface area contributed by atoms with Gasteiger partial charge in [0.25, 0.3) is 6.01 Å². The van der Waals surface area contributed by atoms with E-state index >= 15 is 0 Å². The zero-order valence-corrected chi connectivity index (χ0v) is 13.9. The first-order chi connectivity index (χ1) is 12.7. The van der Waals surface area contributed by atoms with Crippen LogP contribution in [0.25, 0.3) is 33.4 Å². The molecule has 3 aromatic heterocycles. The molecule has 132 valence electrons. The lowest BCUT2D eigenvalue weighted by Crippen LogP contribution is -2.16. The summed E-state index contributed by atoms with van der Waals surface area (Å²) in [6.45, 7) is 1.42. The van der Waals surface area contributed by atoms with Gasteiger partial charge in [0.2, 0.25) is 0 Å². The number of rotatable bonds is 3. The molecule has 4 N–H and O–H groups in total. The number of hydrogen-bond donors (Lipinski definition) is 2. The highest BCUT2D eigenvalue weighted by Crippen LogP contribution is 2.32. The number of nitrogens with two attached hydrogens (primary N) is 2. The molecular formula is C17H17N7O2. The van der Waals surface area contributed by atoms with E-state index in [1.807, 2.05) is 22.9 Å². The predicted octanol–water partition coefficient (Wildman–Crippen LogP) is 1.98. The molecule has 4 heterocycles. The molecule has 5 rings (SSSR count). The van der Waals surface area contributed by atoms with Gasteiger partial charge < -0.3 is 20.6 Å². The van der Waals surface area contributed by atoms with Crippen LogP contribution in [0.15, 0.2) is 28.9 Å². The lowest BCUT2D eigenvalue weighted by atomic mass is 10.1. The first-order valence-corrected chi connectivity index (χ1v) is 8.44. The zero-order valence-electron chi connectivity index (χ0n) is 13.9. The third-order valence-corrected chi connectivity index (χ3v) is 4.64. The predicted molar refractivity (Wildman–Crippen MR) is 96.1 cm³/mol. The van der Waals surface area contributed by atoms with Crippen molar-refractivity contribution in [3.05, 3.63) is 24.5 Å². The number of nitrogen functional groups attached to an aromatic ring is 2. The summed E-state index contributed by atoms with van der Waals surface area (Å²) < 4.78 is 12.9. The highest BCUT2D eigenvalue weighted by Gasteiger charge is 2.22. The van der Waals surface area contributed by atoms with Gasteiger partial charge >= 0.3 is 0 Å². The van der Waals surface area contributed by atoms with Gasteiger partial charge in [0.1, 0.15) is 23.4 Å². The van der Waals surface area contributed by atoms with E-state index in [-0.39, 0.29) is 12.1 Å². The second-order valence-electron chi connectivity index (χ2n) is 6.36. The molecule has 1 aliphatic rings. The van der Waals surface area contributed by atoms with Gasteiger partial charge in [-0.2, -0.15) is 10.1 Å². The number of fused-ring (bicyclic) bond motifs is 2. The van der Waals surface area contributed by atoms with E-state index in [9.17, 15) is 0 Å². The second-order valence-corrected chi connectivity index (χ2v) is 6.36. The van der Waals surface area contributed by atoms with E-state index < -0.39 is 0 Å². The molecule has 0 spiro atoms. The maximum absolute atomic E-state index is 6.14. The number of aromatic nitrogens is 5. The minimum Gasteiger partial charge on any atom is -0.424 e. The molecule has 0 aliphatic carbocycles. The van der Waals surface area contributed by atoms with Gasteiger partial charge in [-0.1, -0.05) is 0 Å². The quantitative estimate of drug-likeness (QED) is 0.573. The average Bonchev–Trinajstić information content (AvgIpc) is 3.33. The molecule has 0 amide bonds. The molecule has 1 aromatic carbocycles. The summed E-state index contributed by atoms with van der Waals surface area (Å²) in [7, 11) is 0. The molecule has 9 heteroatoms. The smallest absolute Gasteiger partial charge is 0.292 e. The summed E-state index contributed by atoms with van der Waals surface area (Å²) in [4.78, 5) is 12.7. The maximum atomic E-state index is 6.14. The minimum absolute atomic E-state index is 0.133. The van der Waals surface area contributed by atoms with Gasteiger partial charge in [0, 0.05) is 12.2 Å². The van der Waals surface area contributed by atoms with Gasteiger partial charge in [-0.25, -0.2) is 14.6 Å². The number of benzene rings is 1. The fourth-order valence-electron chi connectivity index (χ4n) is 3.43. The molecule has 1 atom stereocenters. The van der Waals surface area contributed by atoms with Gasteiger partial charge in [0.15, 0.2) is 11.2 Å². The number of oxazole rings is 1. The van der Waals surface area contributed by atoms with Crippen molar-refractivity contribution in [3.63, 3.8) is 0 Å². The van der Waals surface area contributed by atoms with E-state index in [2.05, 4.69) is 15.0 Å². The van der Waals surface area contributed by atoms with Crippen LogP contribution in [-0.2, 0) is 11.3 Å². The van der Waals surface area contributed by atoms with E-state index in [0.29, 0.717) is 34.8 Å². The standard InChI is InChI=1S/C17H17N7O2/c18-15-13-14(9-3-4-12-11(6-9)22-17(19)26-12)23-24(16(13)21-8-20-15)7-10-2-1-5-25-10/h3-4,6,8,10H,1-2,5,7H2,(H2,19,22)(H2,18,20,21)/t10-/m1/s1. The van der Waals surface area contributed by atoms with Crippen LogP contribution >= 0.6 is 0 Å². The van der Waals surface area contributed by atoms with Crippen LogP contribution in [0, 0.1) is 0 Å². The highest BCUT2D eigenvalue weighted by atomic mass is 16.5. The fourth-order valence-corrected chi connectivity index (χ4v) is 3.43. The molecule has 0 bridgehead atoms. The van der Waals surface area contributed by atoms with E-state index in [1.54, 1.807) is 0 Å². The summed E-state index contributed by atoms with van der Waals surface area (Å²) in [6.07, 6.45) is 3.68. The normalized spacial score (nSPS) is 17.5. The molecule has 1 saturated heterocycles. The molecule has 1 aliphatic heterocycles. The number of hydrogen-bond acceptors (Lipinski definition) is 8. The molecule has 0 unspecified atom stereocenters. The Morgan fingerprint density at radius 3 is 3.00 bits per heavy atom. The van der Waals surface area contributed by atoms with Gasteiger partial charge in [0.05, 0.1) is 18.0 Å². The van der Waals surface area contributed by atoms with E-state index in [4.69, 9.17) is 25.7 Å². The van der Waals surface area contributed by atoms with Crippen molar-refractivity contribution in [2.45, 2.75) is 25.5 Å². The third kappa shape index (κ3) is 2.36. The fraction of sp³-hybridized carbons (Fsp3) is 0.294. The van der Waals surface area contributed by atoms with Crippen molar-refractivity contribution in [2.75, 3.05) is 18.1 Å². The van der Waals surface area contributed by atoms with Crippen molar-refractivity contribution in [2.24, 2.45) is 0 Å². The molecule has 1 fully saturated rings. The van der Waals surface area contributed by atoms with Crippen LogP contribution in [0.3, 0.4) is 0 Å². The van der Waals surface area contributed by atoms with Crippen molar-refractivity contribution >= 4 is 34.0 Å². The number of ether oxygens (including phenoxy) is 1. The summed E-state index contributed by atoms with van der Waals surface area (Å²) in [5.41, 5.74) is 15.3. The monoisotopic (exact) mass is 351 g/mol. The maximum Gasteiger partial charge on any atom is 0.292 e. The highest BCUT2D eigenvalue weighted by molar-refractivity contribution is 5.99. The van der Waals surface area contributed by atoms with Crippen LogP contribution in [0.2, 0.25) is 0 Å². The van der Waals surface area contributed by atoms with Crippen molar-refractivity contribution in [1.29, 1.82) is 0 Å². The lowest BCUT2D eigenvalue weighted by molar-refractivity contribution is 0.0950. The number of anilines is 2. The second kappa shape index (κ2) is 5.67. The molecule has 0 radical (unpaired) electrons. The summed E-state index contributed by atoms with van der Waals surface area (Å²) in [6, 6.07) is 5.73. The van der Waals surface area contributed by atoms with Crippen molar-refractivity contribution < 1.29 is 9.15 Å². The Morgan fingerprint density at radius 1 is 1.23 bits per heavy atom. The zero-order chi connectivity index (χ0) is 17.7. The Morgan fingerprint density at radius 2 is 2.15 bits per heavy atom. The van der Waals surface area contributed by atoms with Gasteiger partial charge in [-0.3, -0.25) is 0 Å². The SMILES string of the molecule is Nc1nc2cc(-c3nn(C[C@H]4CCCO4)c4ncnc(N)c34)ccc2o1. The molecule has 4 aromatic rings. The lowest BCUT2D eigenvalue weighted by Gasteiger charge is -2.09. The Labute approximate surface area is 148 Å². The molecule has 0 saturated carbocycles. The van der Waals surface area contributed by atoms with Gasteiger partial charge in [-0.15, -0.1) is 0 Å². The Hall–Kier alpha value is -3.20. The first-order valence-electron chi connectivity index (χ1n) is 8.44. The van der Waals surface area contributed by atoms with Crippen LogP contribution in [0.1, 0.15) is 12.8 Å². The Balaban J connectivity index is 1.67. The van der Waals surface area contributed by atoms with Crippen molar-refractivity contribution in [3.8, 4) is 11.3 Å². The minimum atomic E-state index is 0.133.